The van der Waals surface area contributed by atoms with Gasteiger partial charge in [0.2, 0.25) is 0 Å². The third-order valence-electron chi connectivity index (χ3n) is 7.20. The number of likely N-dealkylation sites (N-methyl/N-ethyl adjacent to an activating group) is 1. The molecule has 6 rings (SSSR count). The van der Waals surface area contributed by atoms with Gasteiger partial charge in [-0.15, -0.1) is 12.4 Å². The van der Waals surface area contributed by atoms with Gasteiger partial charge >= 0.3 is 0 Å². The van der Waals surface area contributed by atoms with Crippen LogP contribution in [0.3, 0.4) is 0 Å². The number of hydrogen-bond acceptors (Lipinski definition) is 5. The smallest absolute Gasteiger partial charge is 0.255 e. The number of H-pyrrole nitrogens is 1. The van der Waals surface area contributed by atoms with Gasteiger partial charge in [0.1, 0.15) is 35.8 Å². The van der Waals surface area contributed by atoms with Gasteiger partial charge in [-0.3, -0.25) is 4.79 Å². The topological polar surface area (TPSA) is 81.7 Å². The van der Waals surface area contributed by atoms with Crippen LogP contribution in [0.15, 0.2) is 84.9 Å². The summed E-state index contributed by atoms with van der Waals surface area (Å²) in [5.74, 6) is 0.416. The van der Waals surface area contributed by atoms with Crippen molar-refractivity contribution in [2.45, 2.75) is 12.6 Å². The van der Waals surface area contributed by atoms with Gasteiger partial charge in [-0.25, -0.2) is 9.37 Å². The maximum atomic E-state index is 14.4. The number of carbonyl (C=O) groups excluding carboxylic acids is 1. The molecule has 9 heteroatoms. The zero-order chi connectivity index (χ0) is 27.8. The minimum absolute atomic E-state index is 0. The monoisotopic (exact) mass is 572 g/mol. The molecule has 4 aromatic carbocycles. The van der Waals surface area contributed by atoms with Crippen molar-refractivity contribution in [3.63, 3.8) is 0 Å². The number of aromatic hydroxyl groups is 1. The number of aromatic nitrogens is 2. The summed E-state index contributed by atoms with van der Waals surface area (Å²) in [5.41, 5.74) is 5.08. The molecule has 0 fully saturated rings. The molecule has 1 atom stereocenters. The van der Waals surface area contributed by atoms with E-state index in [9.17, 15) is 14.3 Å². The first-order chi connectivity index (χ1) is 19.4. The van der Waals surface area contributed by atoms with E-state index in [0.29, 0.717) is 24.5 Å². The van der Waals surface area contributed by atoms with E-state index in [4.69, 9.17) is 9.72 Å². The summed E-state index contributed by atoms with van der Waals surface area (Å²) in [6, 6.07) is 24.1. The third kappa shape index (κ3) is 5.62. The number of benzene rings is 4. The Labute approximate surface area is 243 Å². The van der Waals surface area contributed by atoms with E-state index in [1.165, 1.54) is 18.2 Å². The fourth-order valence-electron chi connectivity index (χ4n) is 5.11. The SMILES string of the molecule is CN(C)CCOc1ccc(-c2ccc3c(c2)C(=O)N(C(c2nc4ccccc4[nH]2)c2cc(F)ccc2O)C3)cc1.Cl. The van der Waals surface area contributed by atoms with Crippen LogP contribution in [-0.4, -0.2) is 58.0 Å². The Morgan fingerprint density at radius 3 is 2.54 bits per heavy atom. The van der Waals surface area contributed by atoms with Crippen molar-refractivity contribution in [3.8, 4) is 22.6 Å². The van der Waals surface area contributed by atoms with Crippen LogP contribution in [0.4, 0.5) is 4.39 Å². The molecule has 0 aliphatic carbocycles. The Balaban J connectivity index is 0.00000337. The minimum atomic E-state index is -0.815. The van der Waals surface area contributed by atoms with E-state index < -0.39 is 11.9 Å². The number of amides is 1. The first kappa shape index (κ1) is 28.1. The molecule has 7 nitrogen and oxygen atoms in total. The lowest BCUT2D eigenvalue weighted by Crippen LogP contribution is -2.31. The van der Waals surface area contributed by atoms with Crippen LogP contribution in [0.5, 0.6) is 11.5 Å². The first-order valence-corrected chi connectivity index (χ1v) is 13.1. The molecule has 1 aliphatic rings. The molecule has 0 saturated carbocycles. The molecular weight excluding hydrogens is 543 g/mol. The Morgan fingerprint density at radius 2 is 1.78 bits per heavy atom. The molecule has 1 amide bonds. The average molecular weight is 573 g/mol. The number of rotatable bonds is 8. The summed E-state index contributed by atoms with van der Waals surface area (Å²) in [6.07, 6.45) is 0. The van der Waals surface area contributed by atoms with Gasteiger partial charge in [0.15, 0.2) is 0 Å². The molecule has 0 radical (unpaired) electrons. The van der Waals surface area contributed by atoms with Gasteiger partial charge in [0.25, 0.3) is 5.91 Å². The molecule has 2 heterocycles. The number of aromatic amines is 1. The van der Waals surface area contributed by atoms with Crippen LogP contribution in [0.2, 0.25) is 0 Å². The first-order valence-electron chi connectivity index (χ1n) is 13.1. The van der Waals surface area contributed by atoms with Gasteiger partial charge in [0.05, 0.1) is 11.0 Å². The molecule has 1 aliphatic heterocycles. The summed E-state index contributed by atoms with van der Waals surface area (Å²) in [7, 11) is 4.00. The summed E-state index contributed by atoms with van der Waals surface area (Å²) in [5, 5.41) is 10.7. The highest BCUT2D eigenvalue weighted by atomic mass is 35.5. The Bertz CT molecular complexity index is 1670. The molecule has 2 N–H and O–H groups in total. The largest absolute Gasteiger partial charge is 0.508 e. The minimum Gasteiger partial charge on any atom is -0.508 e. The number of halogens is 2. The highest BCUT2D eigenvalue weighted by molar-refractivity contribution is 6.00. The summed E-state index contributed by atoms with van der Waals surface area (Å²) >= 11 is 0. The number of phenols is 1. The van der Waals surface area contributed by atoms with Crippen molar-refractivity contribution < 1.29 is 19.0 Å². The number of imidazole rings is 1. The third-order valence-corrected chi connectivity index (χ3v) is 7.20. The number of para-hydroxylation sites is 2. The van der Waals surface area contributed by atoms with Crippen molar-refractivity contribution in [1.82, 2.24) is 19.8 Å². The van der Waals surface area contributed by atoms with E-state index in [0.717, 1.165) is 40.0 Å². The second-order valence-corrected chi connectivity index (χ2v) is 10.2. The Morgan fingerprint density at radius 1 is 1.02 bits per heavy atom. The van der Waals surface area contributed by atoms with Crippen molar-refractivity contribution in [2.75, 3.05) is 27.2 Å². The van der Waals surface area contributed by atoms with Gasteiger partial charge < -0.3 is 24.6 Å². The maximum absolute atomic E-state index is 14.4. The summed E-state index contributed by atoms with van der Waals surface area (Å²) in [4.78, 5) is 25.6. The molecule has 5 aromatic rings. The summed E-state index contributed by atoms with van der Waals surface area (Å²) < 4.78 is 20.2. The Kier molecular flexibility index (Phi) is 7.97. The van der Waals surface area contributed by atoms with Crippen LogP contribution < -0.4 is 4.74 Å². The number of nitrogens with zero attached hydrogens (tertiary/aromatic N) is 3. The number of nitrogens with one attached hydrogen (secondary N) is 1. The maximum Gasteiger partial charge on any atom is 0.255 e. The molecule has 0 bridgehead atoms. The number of ether oxygens (including phenoxy) is 1. The van der Waals surface area contributed by atoms with E-state index in [-0.39, 0.29) is 29.6 Å². The number of hydrogen-bond donors (Lipinski definition) is 2. The van der Waals surface area contributed by atoms with Gasteiger partial charge in [0, 0.05) is 24.2 Å². The van der Waals surface area contributed by atoms with E-state index >= 15 is 0 Å². The molecule has 0 saturated heterocycles. The van der Waals surface area contributed by atoms with Crippen LogP contribution in [0.1, 0.15) is 33.4 Å². The van der Waals surface area contributed by atoms with Gasteiger partial charge in [-0.1, -0.05) is 36.4 Å². The average Bonchev–Trinajstić information content (AvgIpc) is 3.52. The van der Waals surface area contributed by atoms with E-state index in [2.05, 4.69) is 9.88 Å². The number of fused-ring (bicyclic) bond motifs is 2. The zero-order valence-electron chi connectivity index (χ0n) is 22.7. The van der Waals surface area contributed by atoms with Crippen LogP contribution in [0.25, 0.3) is 22.2 Å². The van der Waals surface area contributed by atoms with Gasteiger partial charge in [-0.05, 0) is 79.3 Å². The van der Waals surface area contributed by atoms with E-state index in [1.807, 2.05) is 80.8 Å². The second-order valence-electron chi connectivity index (χ2n) is 10.2. The number of phenolic OH excluding ortho intramolecular Hbond substituents is 1. The standard InChI is InChI=1S/C32H29FN4O3.ClH/c1-36(2)15-16-40-24-12-9-20(10-13-24)21-7-8-22-19-37(32(39)25(22)17-21)30(26-18-23(33)11-14-29(26)38)31-34-27-5-3-4-6-28(27)35-31;/h3-14,17-18,30,38H,15-16,19H2,1-2H3,(H,34,35);1H. The fourth-order valence-corrected chi connectivity index (χ4v) is 5.11. The number of carbonyl (C=O) groups is 1. The van der Waals surface area contributed by atoms with E-state index in [1.54, 1.807) is 4.90 Å². The quantitative estimate of drug-likeness (QED) is 0.232. The second kappa shape index (κ2) is 11.6. The molecule has 1 unspecified atom stereocenters. The predicted octanol–water partition coefficient (Wildman–Crippen LogP) is 6.18. The normalized spacial score (nSPS) is 13.4. The zero-order valence-corrected chi connectivity index (χ0v) is 23.5. The molecule has 210 valence electrons. The molecule has 0 spiro atoms. The lowest BCUT2D eigenvalue weighted by molar-refractivity contribution is 0.0723. The lowest BCUT2D eigenvalue weighted by atomic mass is 10.0. The predicted molar refractivity (Wildman–Crippen MR) is 159 cm³/mol. The van der Waals surface area contributed by atoms with Crippen LogP contribution in [-0.2, 0) is 6.54 Å². The fraction of sp³-hybridized carbons (Fsp3) is 0.188. The summed E-state index contributed by atoms with van der Waals surface area (Å²) in [6.45, 7) is 1.72. The molecular formula is C32H30ClFN4O3. The van der Waals surface area contributed by atoms with Crippen molar-refractivity contribution >= 4 is 29.3 Å². The van der Waals surface area contributed by atoms with Crippen molar-refractivity contribution in [2.24, 2.45) is 0 Å². The molecule has 41 heavy (non-hydrogen) atoms. The highest BCUT2D eigenvalue weighted by Crippen LogP contribution is 2.40. The van der Waals surface area contributed by atoms with Crippen molar-refractivity contribution in [3.05, 3.63) is 113 Å². The lowest BCUT2D eigenvalue weighted by Gasteiger charge is -2.27. The highest BCUT2D eigenvalue weighted by Gasteiger charge is 2.37. The molecule has 1 aromatic heterocycles. The van der Waals surface area contributed by atoms with Crippen LogP contribution >= 0.6 is 12.4 Å². The van der Waals surface area contributed by atoms with Crippen LogP contribution in [0, 0.1) is 5.82 Å². The van der Waals surface area contributed by atoms with Gasteiger partial charge in [-0.2, -0.15) is 0 Å². The van der Waals surface area contributed by atoms with Crippen molar-refractivity contribution in [1.29, 1.82) is 0 Å². The Hall–Kier alpha value is -4.40.